The molecule has 0 aliphatic carbocycles. The second kappa shape index (κ2) is 7.16. The van der Waals surface area contributed by atoms with Crippen LogP contribution in [-0.4, -0.2) is 30.7 Å². The summed E-state index contributed by atoms with van der Waals surface area (Å²) in [6.07, 6.45) is 1.64. The summed E-state index contributed by atoms with van der Waals surface area (Å²) in [4.78, 5) is 12.3. The third-order valence-corrected chi connectivity index (χ3v) is 4.36. The van der Waals surface area contributed by atoms with Crippen molar-refractivity contribution in [1.82, 2.24) is 24.8 Å². The van der Waals surface area contributed by atoms with Gasteiger partial charge in [0.15, 0.2) is 5.82 Å². The van der Waals surface area contributed by atoms with Gasteiger partial charge in [0.2, 0.25) is 5.91 Å². The maximum Gasteiger partial charge on any atom is 0.247 e. The average Bonchev–Trinajstić information content (AvgIpc) is 3.26. The van der Waals surface area contributed by atoms with Crippen LogP contribution >= 0.6 is 11.6 Å². The second-order valence-electron chi connectivity index (χ2n) is 5.88. The Labute approximate surface area is 158 Å². The Hall–Kier alpha value is -3.26. The molecule has 2 heterocycles. The average molecular weight is 385 g/mol. The molecule has 2 aromatic carbocycles. The molecule has 0 saturated heterocycles. The minimum absolute atomic E-state index is 0.00646. The molecule has 1 amide bonds. The van der Waals surface area contributed by atoms with Crippen LogP contribution < -0.4 is 5.32 Å². The maximum atomic E-state index is 13.9. The van der Waals surface area contributed by atoms with Gasteiger partial charge >= 0.3 is 0 Å². The first-order valence-corrected chi connectivity index (χ1v) is 8.52. The minimum atomic E-state index is -0.401. The number of nitrogens with zero attached hydrogens (tertiary/aromatic N) is 5. The van der Waals surface area contributed by atoms with E-state index in [0.29, 0.717) is 16.4 Å². The highest BCUT2D eigenvalue weighted by Crippen LogP contribution is 2.20. The Morgan fingerprint density at radius 3 is 2.85 bits per heavy atom. The van der Waals surface area contributed by atoms with Crippen molar-refractivity contribution in [2.75, 3.05) is 5.32 Å². The molecule has 0 atom stereocenters. The molecule has 1 N–H and O–H groups in total. The highest BCUT2D eigenvalue weighted by molar-refractivity contribution is 6.31. The number of benzene rings is 2. The van der Waals surface area contributed by atoms with Crippen LogP contribution in [-0.2, 0) is 17.9 Å². The quantitative estimate of drug-likeness (QED) is 0.573. The molecule has 27 heavy (non-hydrogen) atoms. The SMILES string of the molecule is O=C(Cn1nnc2ccccc21)Nc1ccn(Cc2c(F)cccc2Cl)n1. The molecule has 136 valence electrons. The lowest BCUT2D eigenvalue weighted by molar-refractivity contribution is -0.116. The first-order valence-electron chi connectivity index (χ1n) is 8.14. The molecular formula is C18H14ClFN6O. The van der Waals surface area contributed by atoms with Crippen LogP contribution in [0.4, 0.5) is 10.2 Å². The van der Waals surface area contributed by atoms with Gasteiger partial charge in [-0.3, -0.25) is 9.48 Å². The zero-order valence-electron chi connectivity index (χ0n) is 14.0. The Bertz CT molecular complexity index is 1100. The van der Waals surface area contributed by atoms with E-state index in [4.69, 9.17) is 11.6 Å². The number of carbonyl (C=O) groups excluding carboxylic acids is 1. The summed E-state index contributed by atoms with van der Waals surface area (Å²) in [6.45, 7) is 0.168. The third-order valence-electron chi connectivity index (χ3n) is 4.00. The van der Waals surface area contributed by atoms with Gasteiger partial charge in [0.25, 0.3) is 0 Å². The van der Waals surface area contributed by atoms with Crippen molar-refractivity contribution in [3.8, 4) is 0 Å². The second-order valence-corrected chi connectivity index (χ2v) is 6.29. The first kappa shape index (κ1) is 17.2. The van der Waals surface area contributed by atoms with Crippen molar-refractivity contribution in [2.24, 2.45) is 0 Å². The Balaban J connectivity index is 1.44. The van der Waals surface area contributed by atoms with Gasteiger partial charge < -0.3 is 5.32 Å². The number of halogens is 2. The molecule has 0 fully saturated rings. The van der Waals surface area contributed by atoms with E-state index in [0.717, 1.165) is 11.0 Å². The standard InChI is InChI=1S/C18H14ClFN6O/c19-13-4-3-5-14(20)12(13)10-25-9-8-17(23-25)21-18(27)11-26-16-7-2-1-6-15(16)22-24-26/h1-9H,10-11H2,(H,21,23,27). The van der Waals surface area contributed by atoms with Crippen LogP contribution in [0, 0.1) is 5.82 Å². The number of anilines is 1. The van der Waals surface area contributed by atoms with Gasteiger partial charge in [-0.15, -0.1) is 5.10 Å². The van der Waals surface area contributed by atoms with Crippen LogP contribution in [0.25, 0.3) is 11.0 Å². The molecule has 0 aliphatic rings. The van der Waals surface area contributed by atoms with Crippen LogP contribution in [0.5, 0.6) is 0 Å². The number of fused-ring (bicyclic) bond motifs is 1. The smallest absolute Gasteiger partial charge is 0.247 e. The first-order chi connectivity index (χ1) is 13.1. The van der Waals surface area contributed by atoms with E-state index < -0.39 is 5.82 Å². The lowest BCUT2D eigenvalue weighted by Gasteiger charge is -2.06. The Morgan fingerprint density at radius 1 is 1.15 bits per heavy atom. The van der Waals surface area contributed by atoms with Crippen LogP contribution in [0.1, 0.15) is 5.56 Å². The summed E-state index contributed by atoms with van der Waals surface area (Å²) < 4.78 is 16.9. The van der Waals surface area contributed by atoms with Gasteiger partial charge in [-0.1, -0.05) is 35.0 Å². The van der Waals surface area contributed by atoms with E-state index in [1.165, 1.54) is 15.4 Å². The summed E-state index contributed by atoms with van der Waals surface area (Å²) in [5, 5.41) is 15.2. The summed E-state index contributed by atoms with van der Waals surface area (Å²) >= 11 is 6.03. The number of aromatic nitrogens is 5. The molecule has 0 spiro atoms. The van der Waals surface area contributed by atoms with Gasteiger partial charge in [-0.2, -0.15) is 5.10 Å². The van der Waals surface area contributed by atoms with E-state index in [9.17, 15) is 9.18 Å². The molecule has 0 radical (unpaired) electrons. The predicted octanol–water partition coefficient (Wildman–Crippen LogP) is 3.11. The van der Waals surface area contributed by atoms with E-state index in [2.05, 4.69) is 20.7 Å². The van der Waals surface area contributed by atoms with Crippen molar-refractivity contribution < 1.29 is 9.18 Å². The van der Waals surface area contributed by atoms with Gasteiger partial charge in [0, 0.05) is 22.8 Å². The van der Waals surface area contributed by atoms with Crippen molar-refractivity contribution in [1.29, 1.82) is 0 Å². The zero-order valence-corrected chi connectivity index (χ0v) is 14.8. The van der Waals surface area contributed by atoms with Gasteiger partial charge in [-0.05, 0) is 24.3 Å². The van der Waals surface area contributed by atoms with E-state index in [1.54, 1.807) is 24.4 Å². The maximum absolute atomic E-state index is 13.9. The van der Waals surface area contributed by atoms with Crippen molar-refractivity contribution >= 4 is 34.4 Å². The molecule has 0 bridgehead atoms. The molecule has 0 aliphatic heterocycles. The van der Waals surface area contributed by atoms with E-state index in [-0.39, 0.29) is 19.0 Å². The predicted molar refractivity (Wildman–Crippen MR) is 98.9 cm³/mol. The van der Waals surface area contributed by atoms with Crippen LogP contribution in [0.15, 0.2) is 54.7 Å². The molecule has 0 saturated carbocycles. The van der Waals surface area contributed by atoms with Gasteiger partial charge in [0.1, 0.15) is 17.9 Å². The number of rotatable bonds is 5. The number of hydrogen-bond acceptors (Lipinski definition) is 4. The van der Waals surface area contributed by atoms with Crippen molar-refractivity contribution in [2.45, 2.75) is 13.1 Å². The highest BCUT2D eigenvalue weighted by atomic mass is 35.5. The van der Waals surface area contributed by atoms with Crippen LogP contribution in [0.3, 0.4) is 0 Å². The van der Waals surface area contributed by atoms with E-state index in [1.807, 2.05) is 24.3 Å². The number of hydrogen-bond donors (Lipinski definition) is 1. The van der Waals surface area contributed by atoms with Crippen molar-refractivity contribution in [3.63, 3.8) is 0 Å². The fourth-order valence-corrected chi connectivity index (χ4v) is 2.94. The fraction of sp³-hybridized carbons (Fsp3) is 0.111. The third kappa shape index (κ3) is 3.65. The minimum Gasteiger partial charge on any atom is -0.308 e. The number of para-hydroxylation sites is 1. The number of amides is 1. The lowest BCUT2D eigenvalue weighted by atomic mass is 10.2. The molecule has 9 heteroatoms. The summed E-state index contributed by atoms with van der Waals surface area (Å²) in [5.41, 5.74) is 1.83. The summed E-state index contributed by atoms with van der Waals surface area (Å²) in [7, 11) is 0. The highest BCUT2D eigenvalue weighted by Gasteiger charge is 2.12. The Kier molecular flexibility index (Phi) is 4.55. The normalized spacial score (nSPS) is 11.0. The largest absolute Gasteiger partial charge is 0.308 e. The molecule has 4 aromatic rings. The van der Waals surface area contributed by atoms with Crippen LogP contribution in [0.2, 0.25) is 5.02 Å². The molecule has 0 unspecified atom stereocenters. The molecule has 2 aromatic heterocycles. The summed E-state index contributed by atoms with van der Waals surface area (Å²) in [6, 6.07) is 13.5. The van der Waals surface area contributed by atoms with Gasteiger partial charge in [-0.25, -0.2) is 9.07 Å². The fourth-order valence-electron chi connectivity index (χ4n) is 2.71. The zero-order chi connectivity index (χ0) is 18.8. The van der Waals surface area contributed by atoms with Crippen molar-refractivity contribution in [3.05, 3.63) is 71.1 Å². The number of carbonyl (C=O) groups is 1. The Morgan fingerprint density at radius 2 is 2.00 bits per heavy atom. The lowest BCUT2D eigenvalue weighted by Crippen LogP contribution is -2.20. The topological polar surface area (TPSA) is 77.6 Å². The van der Waals surface area contributed by atoms with E-state index >= 15 is 0 Å². The number of nitrogens with one attached hydrogen (secondary N) is 1. The molecular weight excluding hydrogens is 371 g/mol. The van der Waals surface area contributed by atoms with Gasteiger partial charge in [0.05, 0.1) is 12.1 Å². The monoisotopic (exact) mass is 384 g/mol. The summed E-state index contributed by atoms with van der Waals surface area (Å²) in [5.74, 6) is -0.335. The molecule has 4 rings (SSSR count). The molecule has 7 nitrogen and oxygen atoms in total.